The molecule has 0 saturated carbocycles. The zero-order valence-electron chi connectivity index (χ0n) is 12.1. The predicted molar refractivity (Wildman–Crippen MR) is 79.6 cm³/mol. The normalized spacial score (nSPS) is 13.4. The zero-order valence-corrected chi connectivity index (χ0v) is 12.1. The van der Waals surface area contributed by atoms with E-state index in [2.05, 4.69) is 10.8 Å². The molecular weight excluding hydrogens is 288 g/mol. The molecule has 2 aromatic carbocycles. The molecule has 3 nitrogen and oxygen atoms in total. The summed E-state index contributed by atoms with van der Waals surface area (Å²) in [5, 5.41) is 0. The van der Waals surface area contributed by atoms with E-state index in [-0.39, 0.29) is 11.7 Å². The summed E-state index contributed by atoms with van der Waals surface area (Å²) in [6, 6.07) is 11.9. The van der Waals surface area contributed by atoms with Gasteiger partial charge >= 0.3 is 6.61 Å². The third-order valence-electron chi connectivity index (χ3n) is 3.68. The molecule has 0 spiro atoms. The molecule has 1 aliphatic rings. The van der Waals surface area contributed by atoms with Crippen LogP contribution in [0.4, 0.5) is 14.5 Å². The van der Waals surface area contributed by atoms with E-state index in [0.29, 0.717) is 12.1 Å². The van der Waals surface area contributed by atoms with E-state index in [1.54, 1.807) is 11.0 Å². The first-order chi connectivity index (χ1) is 10.5. The third kappa shape index (κ3) is 2.79. The van der Waals surface area contributed by atoms with Crippen molar-refractivity contribution in [3.63, 3.8) is 0 Å². The fourth-order valence-corrected chi connectivity index (χ4v) is 2.70. The number of carbonyl (C=O) groups excluding carboxylic acids is 1. The molecule has 1 aliphatic heterocycles. The number of rotatable bonds is 3. The third-order valence-corrected chi connectivity index (χ3v) is 3.68. The number of carbonyl (C=O) groups is 1. The molecule has 0 aliphatic carbocycles. The second-order valence-electron chi connectivity index (χ2n) is 5.25. The van der Waals surface area contributed by atoms with Gasteiger partial charge in [-0.15, -0.1) is 0 Å². The van der Waals surface area contributed by atoms with E-state index in [4.69, 9.17) is 0 Å². The lowest BCUT2D eigenvalue weighted by Gasteiger charge is -2.18. The van der Waals surface area contributed by atoms with Gasteiger partial charge in [0.05, 0.1) is 0 Å². The van der Waals surface area contributed by atoms with Crippen LogP contribution in [-0.2, 0) is 6.42 Å². The number of ether oxygens (including phenoxy) is 1. The Morgan fingerprint density at radius 1 is 1.23 bits per heavy atom. The lowest BCUT2D eigenvalue weighted by atomic mass is 10.1. The lowest BCUT2D eigenvalue weighted by molar-refractivity contribution is -0.0498. The molecule has 22 heavy (non-hydrogen) atoms. The molecule has 0 saturated heterocycles. The van der Waals surface area contributed by atoms with E-state index in [1.807, 2.05) is 19.1 Å². The van der Waals surface area contributed by atoms with Gasteiger partial charge in [0.15, 0.2) is 0 Å². The van der Waals surface area contributed by atoms with Gasteiger partial charge in [0.25, 0.3) is 5.91 Å². The summed E-state index contributed by atoms with van der Waals surface area (Å²) in [5.74, 6) is -0.216. The smallest absolute Gasteiger partial charge is 0.387 e. The van der Waals surface area contributed by atoms with Crippen molar-refractivity contribution < 1.29 is 18.3 Å². The molecule has 0 atom stereocenters. The lowest BCUT2D eigenvalue weighted by Crippen LogP contribution is -2.28. The average molecular weight is 303 g/mol. The summed E-state index contributed by atoms with van der Waals surface area (Å²) in [6.07, 6.45) is 0.802. The Kier molecular flexibility index (Phi) is 3.79. The Morgan fingerprint density at radius 2 is 2.05 bits per heavy atom. The van der Waals surface area contributed by atoms with Crippen molar-refractivity contribution >= 4 is 11.6 Å². The summed E-state index contributed by atoms with van der Waals surface area (Å²) in [5.41, 5.74) is 3.51. The first-order valence-electron chi connectivity index (χ1n) is 7.01. The van der Waals surface area contributed by atoms with Crippen LogP contribution in [0.2, 0.25) is 0 Å². The minimum absolute atomic E-state index is 0.0100. The van der Waals surface area contributed by atoms with Crippen LogP contribution in [0.1, 0.15) is 21.5 Å². The largest absolute Gasteiger partial charge is 0.435 e. The summed E-state index contributed by atoms with van der Waals surface area (Å²) in [6.45, 7) is -0.297. The Morgan fingerprint density at radius 3 is 2.82 bits per heavy atom. The van der Waals surface area contributed by atoms with Crippen LogP contribution in [-0.4, -0.2) is 19.1 Å². The molecule has 3 rings (SSSR count). The summed E-state index contributed by atoms with van der Waals surface area (Å²) < 4.78 is 28.9. The molecule has 0 N–H and O–H groups in total. The van der Waals surface area contributed by atoms with Crippen molar-refractivity contribution in [3.05, 3.63) is 59.2 Å². The molecule has 0 fully saturated rings. The van der Waals surface area contributed by atoms with E-state index in [1.165, 1.54) is 18.2 Å². The maximum absolute atomic E-state index is 12.6. The summed E-state index contributed by atoms with van der Waals surface area (Å²) in [7, 11) is 0. The zero-order chi connectivity index (χ0) is 15.7. The summed E-state index contributed by atoms with van der Waals surface area (Å²) >= 11 is 0. The predicted octanol–water partition coefficient (Wildman–Crippen LogP) is 3.80. The van der Waals surface area contributed by atoms with Crippen LogP contribution in [0.25, 0.3) is 0 Å². The first-order valence-corrected chi connectivity index (χ1v) is 7.01. The molecule has 114 valence electrons. The van der Waals surface area contributed by atoms with Gasteiger partial charge in [0.2, 0.25) is 0 Å². The van der Waals surface area contributed by atoms with Gasteiger partial charge in [-0.2, -0.15) is 8.78 Å². The minimum atomic E-state index is -2.90. The van der Waals surface area contributed by atoms with Crippen molar-refractivity contribution in [1.29, 1.82) is 0 Å². The highest BCUT2D eigenvalue weighted by Gasteiger charge is 2.25. The van der Waals surface area contributed by atoms with Crippen LogP contribution in [0.5, 0.6) is 5.75 Å². The van der Waals surface area contributed by atoms with E-state index in [9.17, 15) is 13.6 Å². The molecular formula is C17H15F2NO2. The second kappa shape index (κ2) is 5.75. The van der Waals surface area contributed by atoms with Gasteiger partial charge in [-0.1, -0.05) is 23.8 Å². The highest BCUT2D eigenvalue weighted by molar-refractivity contribution is 6.07. The van der Waals surface area contributed by atoms with Crippen LogP contribution in [0.3, 0.4) is 0 Å². The molecule has 0 bridgehead atoms. The number of halogens is 2. The van der Waals surface area contributed by atoms with Gasteiger partial charge in [0, 0.05) is 17.8 Å². The number of amides is 1. The number of nitrogens with zero attached hydrogens (tertiary/aromatic N) is 1. The van der Waals surface area contributed by atoms with E-state index < -0.39 is 6.61 Å². The second-order valence-corrected chi connectivity index (χ2v) is 5.25. The quantitative estimate of drug-likeness (QED) is 0.863. The van der Waals surface area contributed by atoms with Gasteiger partial charge in [-0.05, 0) is 43.2 Å². The highest BCUT2D eigenvalue weighted by atomic mass is 19.3. The maximum Gasteiger partial charge on any atom is 0.387 e. The van der Waals surface area contributed by atoms with Crippen LogP contribution < -0.4 is 9.64 Å². The Hall–Kier alpha value is -2.43. The number of hydrogen-bond donors (Lipinski definition) is 0. The molecule has 0 unspecified atom stereocenters. The number of hydrogen-bond acceptors (Lipinski definition) is 2. The molecule has 1 heterocycles. The van der Waals surface area contributed by atoms with Crippen LogP contribution in [0, 0.1) is 6.92 Å². The maximum atomic E-state index is 12.6. The van der Waals surface area contributed by atoms with Crippen molar-refractivity contribution in [3.8, 4) is 5.75 Å². The highest BCUT2D eigenvalue weighted by Crippen LogP contribution is 2.30. The SMILES string of the molecule is Cc1ccc2c(c1)CCN2C(=O)c1cccc(OC(F)F)c1. The molecule has 2 aromatic rings. The first kappa shape index (κ1) is 14.5. The standard InChI is InChI=1S/C17H15F2NO2/c1-11-5-6-15-12(9-11)7-8-20(15)16(21)13-3-2-4-14(10-13)22-17(18)19/h2-6,9-10,17H,7-8H2,1H3. The summed E-state index contributed by atoms with van der Waals surface area (Å²) in [4.78, 5) is 14.3. The van der Waals surface area contributed by atoms with Crippen molar-refractivity contribution in [1.82, 2.24) is 0 Å². The molecule has 0 radical (unpaired) electrons. The van der Waals surface area contributed by atoms with Crippen LogP contribution in [0.15, 0.2) is 42.5 Å². The Labute approximate surface area is 127 Å². The fourth-order valence-electron chi connectivity index (χ4n) is 2.70. The number of alkyl halides is 2. The van der Waals surface area contributed by atoms with Gasteiger partial charge in [-0.3, -0.25) is 4.79 Å². The van der Waals surface area contributed by atoms with Gasteiger partial charge < -0.3 is 9.64 Å². The Balaban J connectivity index is 1.87. The molecule has 1 amide bonds. The fraction of sp³-hybridized carbons (Fsp3) is 0.235. The number of anilines is 1. The van der Waals surface area contributed by atoms with Crippen molar-refractivity contribution in [2.24, 2.45) is 0 Å². The molecule has 0 aromatic heterocycles. The van der Waals surface area contributed by atoms with Crippen molar-refractivity contribution in [2.45, 2.75) is 20.0 Å². The van der Waals surface area contributed by atoms with Gasteiger partial charge in [0.1, 0.15) is 5.75 Å². The number of aryl methyl sites for hydroxylation is 1. The average Bonchev–Trinajstić information content (AvgIpc) is 2.89. The van der Waals surface area contributed by atoms with E-state index in [0.717, 1.165) is 23.2 Å². The van der Waals surface area contributed by atoms with Crippen molar-refractivity contribution in [2.75, 3.05) is 11.4 Å². The Bertz CT molecular complexity index is 716. The van der Waals surface area contributed by atoms with E-state index >= 15 is 0 Å². The molecule has 5 heteroatoms. The number of fused-ring (bicyclic) bond motifs is 1. The minimum Gasteiger partial charge on any atom is -0.435 e. The van der Waals surface area contributed by atoms with Crippen LogP contribution >= 0.6 is 0 Å². The monoisotopic (exact) mass is 303 g/mol. The van der Waals surface area contributed by atoms with Gasteiger partial charge in [-0.25, -0.2) is 0 Å². The topological polar surface area (TPSA) is 29.5 Å². The number of benzene rings is 2.